The van der Waals surface area contributed by atoms with Gasteiger partial charge in [0.2, 0.25) is 0 Å². The van der Waals surface area contributed by atoms with Crippen LogP contribution in [0.1, 0.15) is 71.0 Å². The fourth-order valence-corrected chi connectivity index (χ4v) is 4.85. The topological polar surface area (TPSA) is 73.9 Å². The number of aryl methyl sites for hydroxylation is 2. The summed E-state index contributed by atoms with van der Waals surface area (Å²) in [5.41, 5.74) is 4.05. The van der Waals surface area contributed by atoms with Crippen molar-refractivity contribution in [2.75, 3.05) is 0 Å². The highest BCUT2D eigenvalue weighted by Crippen LogP contribution is 2.34. The van der Waals surface area contributed by atoms with Crippen LogP contribution in [0.2, 0.25) is 0 Å². The van der Waals surface area contributed by atoms with Gasteiger partial charge in [0.05, 0.1) is 11.7 Å². The maximum atomic E-state index is 13.2. The summed E-state index contributed by atoms with van der Waals surface area (Å²) in [5.74, 6) is -1.34. The Kier molecular flexibility index (Phi) is 7.76. The second-order valence-electron chi connectivity index (χ2n) is 10.1. The number of rotatable bonds is 2. The maximum Gasteiger partial charge on any atom is 0.338 e. The van der Waals surface area contributed by atoms with E-state index in [4.69, 9.17) is 14.2 Å². The quantitative estimate of drug-likeness (QED) is 0.444. The third-order valence-corrected chi connectivity index (χ3v) is 6.39. The number of nitrogens with one attached hydrogen (secondary N) is 1. The summed E-state index contributed by atoms with van der Waals surface area (Å²) in [5, 5.41) is 3.10. The van der Waals surface area contributed by atoms with E-state index in [1.165, 1.54) is 0 Å². The van der Waals surface area contributed by atoms with Crippen LogP contribution in [0, 0.1) is 13.8 Å². The van der Waals surface area contributed by atoms with Crippen LogP contribution < -0.4 is 5.32 Å². The second-order valence-corrected chi connectivity index (χ2v) is 10.1. The molecule has 2 aromatic rings. The molecule has 1 amide bonds. The predicted molar refractivity (Wildman–Crippen MR) is 140 cm³/mol. The zero-order valence-corrected chi connectivity index (χ0v) is 21.6. The number of ether oxygens (including phenoxy) is 3. The minimum Gasteiger partial charge on any atom is -0.452 e. The number of carbonyl (C=O) groups is 2. The van der Waals surface area contributed by atoms with Crippen molar-refractivity contribution >= 4 is 18.0 Å². The minimum atomic E-state index is -0.821. The van der Waals surface area contributed by atoms with E-state index in [9.17, 15) is 9.59 Å². The van der Waals surface area contributed by atoms with Gasteiger partial charge in [-0.25, -0.2) is 4.79 Å². The maximum absolute atomic E-state index is 13.2. The van der Waals surface area contributed by atoms with Gasteiger partial charge >= 0.3 is 5.97 Å². The van der Waals surface area contributed by atoms with E-state index in [0.717, 1.165) is 16.7 Å². The number of benzene rings is 2. The van der Waals surface area contributed by atoms with E-state index in [-0.39, 0.29) is 18.1 Å². The largest absolute Gasteiger partial charge is 0.452 e. The van der Waals surface area contributed by atoms with Crippen molar-refractivity contribution in [3.05, 3.63) is 88.5 Å². The lowest BCUT2D eigenvalue weighted by Crippen LogP contribution is -2.38. The molecule has 0 aliphatic carbocycles. The Morgan fingerprint density at radius 1 is 1.06 bits per heavy atom. The van der Waals surface area contributed by atoms with E-state index in [1.54, 1.807) is 24.3 Å². The predicted octanol–water partition coefficient (Wildman–Crippen LogP) is 5.53. The summed E-state index contributed by atoms with van der Waals surface area (Å²) in [6.07, 6.45) is 7.39. The van der Waals surface area contributed by atoms with Crippen molar-refractivity contribution < 1.29 is 23.8 Å². The van der Waals surface area contributed by atoms with Crippen LogP contribution in [-0.2, 0) is 14.2 Å². The first-order chi connectivity index (χ1) is 17.1. The highest BCUT2D eigenvalue weighted by atomic mass is 16.8. The average molecular weight is 490 g/mol. The summed E-state index contributed by atoms with van der Waals surface area (Å²) in [6.45, 7) is 9.68. The summed E-state index contributed by atoms with van der Waals surface area (Å²) < 4.78 is 18.4. The van der Waals surface area contributed by atoms with Gasteiger partial charge in [0, 0.05) is 11.6 Å². The van der Waals surface area contributed by atoms with Crippen LogP contribution in [0.5, 0.6) is 0 Å². The van der Waals surface area contributed by atoms with Gasteiger partial charge in [-0.15, -0.1) is 0 Å². The molecule has 6 heteroatoms. The Morgan fingerprint density at radius 3 is 2.56 bits per heavy atom. The number of hydrogen-bond acceptors (Lipinski definition) is 5. The van der Waals surface area contributed by atoms with Crippen molar-refractivity contribution in [1.82, 2.24) is 5.32 Å². The molecule has 0 spiro atoms. The molecular formula is C30H35NO5. The molecule has 2 aliphatic heterocycles. The third-order valence-electron chi connectivity index (χ3n) is 6.39. The Balaban J connectivity index is 1.68. The lowest BCUT2D eigenvalue weighted by molar-refractivity contribution is -0.152. The van der Waals surface area contributed by atoms with Crippen LogP contribution in [-0.4, -0.2) is 42.0 Å². The number of carbonyl (C=O) groups excluding carboxylic acids is 2. The van der Waals surface area contributed by atoms with Crippen molar-refractivity contribution in [3.8, 4) is 0 Å². The smallest absolute Gasteiger partial charge is 0.338 e. The molecule has 2 heterocycles. The standard InChI is InChI=1S/C30H35NO5/c1-19-17-20(2)26-23(18-19)14-10-16-25-27(36-30(4,5)35-25)24(15-9-11-21(3)31-28(26)32)34-29(33)22-12-7-6-8-13-22/h6-10,12-15,17-18,21,24-25,27H,11,16H2,1-5H3,(H,31,32)/b14-10+,15-9-/t21?,24?,25-,27+/m0/s1. The van der Waals surface area contributed by atoms with Gasteiger partial charge in [0.25, 0.3) is 5.91 Å². The van der Waals surface area contributed by atoms with Gasteiger partial charge in [-0.05, 0) is 76.8 Å². The summed E-state index contributed by atoms with van der Waals surface area (Å²) in [7, 11) is 0. The molecule has 2 aliphatic rings. The molecule has 2 aromatic carbocycles. The fraction of sp³-hybridized carbons (Fsp3) is 0.400. The van der Waals surface area contributed by atoms with Crippen LogP contribution in [0.4, 0.5) is 0 Å². The summed E-state index contributed by atoms with van der Waals surface area (Å²) in [4.78, 5) is 26.1. The molecule has 2 unspecified atom stereocenters. The highest BCUT2D eigenvalue weighted by Gasteiger charge is 2.45. The molecule has 0 saturated carbocycles. The molecule has 1 saturated heterocycles. The van der Waals surface area contributed by atoms with E-state index in [0.29, 0.717) is 24.0 Å². The van der Waals surface area contributed by atoms with Gasteiger partial charge in [-0.1, -0.05) is 54.1 Å². The van der Waals surface area contributed by atoms with Crippen LogP contribution in [0.3, 0.4) is 0 Å². The van der Waals surface area contributed by atoms with E-state index < -0.39 is 24.0 Å². The van der Waals surface area contributed by atoms with E-state index >= 15 is 0 Å². The van der Waals surface area contributed by atoms with Gasteiger partial charge < -0.3 is 19.5 Å². The molecule has 0 radical (unpaired) electrons. The average Bonchev–Trinajstić information content (AvgIpc) is 3.12. The highest BCUT2D eigenvalue weighted by molar-refractivity contribution is 5.99. The molecule has 190 valence electrons. The Labute approximate surface area is 213 Å². The Morgan fingerprint density at radius 2 is 1.81 bits per heavy atom. The first-order valence-electron chi connectivity index (χ1n) is 12.5. The number of fused-ring (bicyclic) bond motifs is 2. The molecule has 0 bridgehead atoms. The van der Waals surface area contributed by atoms with Crippen LogP contribution >= 0.6 is 0 Å². The van der Waals surface area contributed by atoms with Gasteiger partial charge in [-0.2, -0.15) is 0 Å². The first kappa shape index (κ1) is 25.9. The normalized spacial score (nSPS) is 27.6. The molecule has 0 aromatic heterocycles. The van der Waals surface area contributed by atoms with E-state index in [1.807, 2.05) is 77.1 Å². The summed E-state index contributed by atoms with van der Waals surface area (Å²) >= 11 is 0. The molecule has 36 heavy (non-hydrogen) atoms. The van der Waals surface area contributed by atoms with Gasteiger partial charge in [-0.3, -0.25) is 4.79 Å². The molecule has 1 fully saturated rings. The van der Waals surface area contributed by atoms with Crippen molar-refractivity contribution in [2.24, 2.45) is 0 Å². The van der Waals surface area contributed by atoms with Crippen LogP contribution in [0.25, 0.3) is 6.08 Å². The lowest BCUT2D eigenvalue weighted by atomic mass is 9.96. The van der Waals surface area contributed by atoms with Crippen molar-refractivity contribution in [3.63, 3.8) is 0 Å². The SMILES string of the molecule is Cc1cc(C)c2c(c1)/C=C/C[C@@H]1OC(C)(C)O[C@@H]1C(OC(=O)c1ccccc1)/C=C\CC(C)NC2=O. The molecule has 1 N–H and O–H groups in total. The van der Waals surface area contributed by atoms with Crippen molar-refractivity contribution in [2.45, 2.75) is 77.6 Å². The Hall–Kier alpha value is -3.22. The minimum absolute atomic E-state index is 0.100. The van der Waals surface area contributed by atoms with E-state index in [2.05, 4.69) is 5.32 Å². The Bertz CT molecular complexity index is 1170. The first-order valence-corrected chi connectivity index (χ1v) is 12.5. The number of amides is 1. The van der Waals surface area contributed by atoms with Gasteiger partial charge in [0.15, 0.2) is 5.79 Å². The zero-order valence-electron chi connectivity index (χ0n) is 21.6. The molecular weight excluding hydrogens is 454 g/mol. The molecule has 4 rings (SSSR count). The summed E-state index contributed by atoms with van der Waals surface area (Å²) in [6, 6.07) is 12.8. The fourth-order valence-electron chi connectivity index (χ4n) is 4.85. The zero-order chi connectivity index (χ0) is 25.9. The molecule has 6 nitrogen and oxygen atoms in total. The third kappa shape index (κ3) is 6.12. The van der Waals surface area contributed by atoms with Crippen LogP contribution in [0.15, 0.2) is 60.7 Å². The monoisotopic (exact) mass is 489 g/mol. The van der Waals surface area contributed by atoms with Crippen molar-refractivity contribution in [1.29, 1.82) is 0 Å². The number of esters is 1. The van der Waals surface area contributed by atoms with Gasteiger partial charge in [0.1, 0.15) is 12.2 Å². The lowest BCUT2D eigenvalue weighted by Gasteiger charge is -2.24. The number of hydrogen-bond donors (Lipinski definition) is 1. The second kappa shape index (κ2) is 10.8. The molecule has 4 atom stereocenters.